The molecule has 2 N–H and O–H groups in total. The molecule has 1 heterocycles. The number of carbonyl (C=O) groups excluding carboxylic acids is 3. The zero-order chi connectivity index (χ0) is 54.2. The Bertz CT molecular complexity index is 1710. The number of nitrogens with one attached hydrogen (secondary N) is 1. The van der Waals surface area contributed by atoms with E-state index in [0.29, 0.717) is 19.3 Å². The van der Waals surface area contributed by atoms with Crippen LogP contribution >= 0.6 is 0 Å². The third-order valence-corrected chi connectivity index (χ3v) is 15.4. The van der Waals surface area contributed by atoms with E-state index >= 15 is 0 Å². The van der Waals surface area contributed by atoms with Crippen LogP contribution in [0.4, 0.5) is 0 Å². The Morgan fingerprint density at radius 1 is 0.587 bits per heavy atom. The van der Waals surface area contributed by atoms with Crippen LogP contribution in [-0.4, -0.2) is 80.9 Å². The number of ether oxygens (including phenoxy) is 4. The Morgan fingerprint density at radius 2 is 1.00 bits per heavy atom. The zero-order valence-electron chi connectivity index (χ0n) is 48.5. The van der Waals surface area contributed by atoms with Crippen LogP contribution in [0.3, 0.4) is 0 Å². The van der Waals surface area contributed by atoms with Gasteiger partial charge in [0.1, 0.15) is 18.2 Å². The number of aliphatic hydroxyl groups is 1. The number of unbranched alkanes of at least 4 members (excludes halogenated alkanes) is 27. The largest absolute Gasteiger partial charge is 0.457 e. The topological polar surface area (TPSA) is 130 Å². The summed E-state index contributed by atoms with van der Waals surface area (Å²) >= 11 is 0. The Hall–Kier alpha value is -3.09. The number of esters is 2. The van der Waals surface area contributed by atoms with Gasteiger partial charge in [-0.05, 0) is 96.4 Å². The fraction of sp³-hybridized carbons (Fsp3) is 0.766. The van der Waals surface area contributed by atoms with Crippen molar-refractivity contribution < 1.29 is 42.9 Å². The van der Waals surface area contributed by atoms with E-state index in [2.05, 4.69) is 72.9 Å². The van der Waals surface area contributed by atoms with E-state index in [4.69, 9.17) is 23.4 Å². The van der Waals surface area contributed by atoms with Gasteiger partial charge in [-0.1, -0.05) is 228 Å². The lowest BCUT2D eigenvalue weighted by molar-refractivity contribution is -0.259. The molecular formula is C64H109NO9Si. The first-order valence-electron chi connectivity index (χ1n) is 30.8. The molecular weight excluding hydrogens is 955 g/mol. The van der Waals surface area contributed by atoms with E-state index in [0.717, 1.165) is 77.0 Å². The molecule has 428 valence electrons. The average molecular weight is 1060 g/mol. The summed E-state index contributed by atoms with van der Waals surface area (Å²) in [6.07, 6.45) is 31.9. The van der Waals surface area contributed by atoms with Crippen molar-refractivity contribution in [3.63, 3.8) is 0 Å². The van der Waals surface area contributed by atoms with Crippen LogP contribution in [0.1, 0.15) is 251 Å². The number of hydrogen-bond acceptors (Lipinski definition) is 9. The summed E-state index contributed by atoms with van der Waals surface area (Å²) in [5.41, 5.74) is 2.33. The summed E-state index contributed by atoms with van der Waals surface area (Å²) in [6.45, 7) is 12.1. The van der Waals surface area contributed by atoms with Gasteiger partial charge < -0.3 is 33.8 Å². The summed E-state index contributed by atoms with van der Waals surface area (Å²) in [7, 11) is -1.80. The third-order valence-electron chi connectivity index (χ3n) is 14.6. The summed E-state index contributed by atoms with van der Waals surface area (Å²) in [5.74, 6) is -1.30. The molecule has 1 fully saturated rings. The number of aliphatic hydroxyl groups excluding tert-OH is 1. The van der Waals surface area contributed by atoms with Crippen molar-refractivity contribution in [1.82, 2.24) is 5.32 Å². The van der Waals surface area contributed by atoms with Crippen molar-refractivity contribution >= 4 is 26.9 Å². The van der Waals surface area contributed by atoms with E-state index in [1.165, 1.54) is 127 Å². The van der Waals surface area contributed by atoms with Gasteiger partial charge in [-0.15, -0.1) is 0 Å². The molecule has 2 aromatic rings. The summed E-state index contributed by atoms with van der Waals surface area (Å²) in [5, 5.41) is 15.0. The molecule has 0 saturated carbocycles. The fourth-order valence-corrected chi connectivity index (χ4v) is 10.9. The minimum atomic E-state index is -1.80. The van der Waals surface area contributed by atoms with Crippen LogP contribution in [0.25, 0.3) is 0 Å². The van der Waals surface area contributed by atoms with E-state index in [9.17, 15) is 19.5 Å². The zero-order valence-corrected chi connectivity index (χ0v) is 49.6. The first-order chi connectivity index (χ1) is 36.4. The van der Waals surface area contributed by atoms with Gasteiger partial charge in [-0.2, -0.15) is 0 Å². The van der Waals surface area contributed by atoms with E-state index in [1.807, 2.05) is 33.9 Å². The molecule has 1 aliphatic heterocycles. The highest BCUT2D eigenvalue weighted by Gasteiger charge is 2.50. The van der Waals surface area contributed by atoms with Gasteiger partial charge in [0.05, 0.1) is 12.2 Å². The smallest absolute Gasteiger partial charge is 0.306 e. The van der Waals surface area contributed by atoms with E-state index < -0.39 is 63.3 Å². The minimum Gasteiger partial charge on any atom is -0.457 e. The summed E-state index contributed by atoms with van der Waals surface area (Å²) in [6, 6.07) is 20.4. The molecule has 3 rings (SSSR count). The van der Waals surface area contributed by atoms with Gasteiger partial charge >= 0.3 is 11.9 Å². The monoisotopic (exact) mass is 1060 g/mol. The van der Waals surface area contributed by atoms with Crippen molar-refractivity contribution in [2.24, 2.45) is 0 Å². The molecule has 2 unspecified atom stereocenters. The number of carbonyl (C=O) groups is 3. The molecule has 10 nitrogen and oxygen atoms in total. The molecule has 0 aliphatic carbocycles. The Labute approximate surface area is 459 Å². The maximum absolute atomic E-state index is 14.5. The van der Waals surface area contributed by atoms with E-state index in [-0.39, 0.29) is 25.4 Å². The van der Waals surface area contributed by atoms with Crippen LogP contribution in [0.5, 0.6) is 0 Å². The van der Waals surface area contributed by atoms with Gasteiger partial charge in [0.15, 0.2) is 27.5 Å². The lowest BCUT2D eigenvalue weighted by atomic mass is 9.95. The first kappa shape index (κ1) is 66.2. The van der Waals surface area contributed by atoms with Crippen molar-refractivity contribution in [2.45, 2.75) is 308 Å². The SMILES string of the molecule is CCCCCCCCCCCCC(OC(=O)CCCCCCCCCCCCc1ccccc1)C(=O)N[C@H]1C(O[SiH](C)C)O[C@H](COC(C)(C)C)[C@@H](O)[C@@H]1OC(=O)CCCCCCCCCCCCc1ccccc1. The molecule has 11 heteroatoms. The van der Waals surface area contributed by atoms with Crippen LogP contribution < -0.4 is 5.32 Å². The van der Waals surface area contributed by atoms with Crippen LogP contribution in [0, 0.1) is 0 Å². The molecule has 0 spiro atoms. The second-order valence-corrected chi connectivity index (χ2v) is 25.5. The maximum Gasteiger partial charge on any atom is 0.306 e. The molecule has 0 aromatic heterocycles. The third kappa shape index (κ3) is 33.1. The van der Waals surface area contributed by atoms with Gasteiger partial charge in [0.25, 0.3) is 5.91 Å². The fourth-order valence-electron chi connectivity index (χ4n) is 10.1. The predicted molar refractivity (Wildman–Crippen MR) is 310 cm³/mol. The normalized spacial score (nSPS) is 18.3. The molecule has 1 aliphatic rings. The number of rotatable bonds is 45. The molecule has 2 aromatic carbocycles. The van der Waals surface area contributed by atoms with Gasteiger partial charge in [0.2, 0.25) is 0 Å². The molecule has 6 atom stereocenters. The molecule has 75 heavy (non-hydrogen) atoms. The predicted octanol–water partition coefficient (Wildman–Crippen LogP) is 15.6. The van der Waals surface area contributed by atoms with Gasteiger partial charge in [0, 0.05) is 12.8 Å². The standard InChI is InChI=1S/C64H109NO9Si/c1-7-8-9-10-11-12-19-24-29-40-49-55(71-57(66)50-41-30-25-20-15-13-17-22-27-34-43-53-45-36-32-37-46-53)62(69)65-59-61(60(68)56(52-70-64(2,3)4)72-63(59)74-75(5)6)73-58(67)51-42-31-26-21-16-14-18-23-28-35-44-54-47-38-33-39-48-54/h32-33,36-39,45-48,55-56,59-61,63,68,75H,7-31,34-35,40-44,49-52H2,1-6H3,(H,65,69)/t55?,56-,59-,60-,61-,63?/m1/s1. The van der Waals surface area contributed by atoms with Crippen LogP contribution in [0.15, 0.2) is 60.7 Å². The quantitative estimate of drug-likeness (QED) is 0.0378. The maximum atomic E-state index is 14.5. The van der Waals surface area contributed by atoms with Crippen LogP contribution in [0.2, 0.25) is 13.1 Å². The van der Waals surface area contributed by atoms with Crippen LogP contribution in [-0.2, 0) is 50.6 Å². The van der Waals surface area contributed by atoms with Gasteiger partial charge in [-0.25, -0.2) is 0 Å². The number of hydrogen-bond donors (Lipinski definition) is 2. The first-order valence-corrected chi connectivity index (χ1v) is 33.5. The number of aryl methyl sites for hydroxylation is 2. The molecule has 1 saturated heterocycles. The highest BCUT2D eigenvalue weighted by Crippen LogP contribution is 2.28. The lowest BCUT2D eigenvalue weighted by Gasteiger charge is -2.45. The van der Waals surface area contributed by atoms with E-state index in [1.54, 1.807) is 0 Å². The number of amides is 1. The second-order valence-electron chi connectivity index (χ2n) is 23.1. The Kier molecular flexibility index (Phi) is 37.0. The van der Waals surface area contributed by atoms with Crippen molar-refractivity contribution in [2.75, 3.05) is 6.61 Å². The lowest BCUT2D eigenvalue weighted by Crippen LogP contribution is -2.67. The summed E-state index contributed by atoms with van der Waals surface area (Å²) < 4.78 is 31.1. The highest BCUT2D eigenvalue weighted by atomic mass is 28.3. The number of benzene rings is 2. The van der Waals surface area contributed by atoms with Gasteiger partial charge in [-0.3, -0.25) is 14.4 Å². The molecule has 0 radical (unpaired) electrons. The highest BCUT2D eigenvalue weighted by molar-refractivity contribution is 6.48. The molecule has 0 bridgehead atoms. The minimum absolute atomic E-state index is 0.0428. The average Bonchev–Trinajstić information content (AvgIpc) is 3.38. The summed E-state index contributed by atoms with van der Waals surface area (Å²) in [4.78, 5) is 41.6. The van der Waals surface area contributed by atoms with Crippen molar-refractivity contribution in [1.29, 1.82) is 0 Å². The second kappa shape index (κ2) is 41.9. The molecule has 1 amide bonds. The Balaban J connectivity index is 1.54. The van der Waals surface area contributed by atoms with Crippen molar-refractivity contribution in [3.05, 3.63) is 71.8 Å². The van der Waals surface area contributed by atoms with Crippen molar-refractivity contribution in [3.8, 4) is 0 Å². The Morgan fingerprint density at radius 3 is 1.44 bits per heavy atom.